The Kier molecular flexibility index (Phi) is 13.4. The van der Waals surface area contributed by atoms with Crippen molar-refractivity contribution in [2.45, 2.75) is 85.0 Å². The summed E-state index contributed by atoms with van der Waals surface area (Å²) in [7, 11) is 0. The number of ether oxygens (including phenoxy) is 2. The molecule has 5 heteroatoms. The summed E-state index contributed by atoms with van der Waals surface area (Å²) in [6, 6.07) is 0. The fourth-order valence-corrected chi connectivity index (χ4v) is 4.13. The molecule has 2 aliphatic carbocycles. The zero-order chi connectivity index (χ0) is 20.8. The molecule has 0 bridgehead atoms. The standard InChI is InChI=1S/C13H25NO3.C10H18O/c1-2-16-9-11-3-5-12(6-4-11)10-17-8-7-13(14)15;1-8(2)10(11)9-6-4-3-5-7-9/h11-12H,2-10H2,1H3,(H2,14,15);8-9H,3-7H2,1-2H3. The van der Waals surface area contributed by atoms with Crippen LogP contribution in [0.5, 0.6) is 0 Å². The molecule has 164 valence electrons. The zero-order valence-corrected chi connectivity index (χ0v) is 18.4. The Hall–Kier alpha value is -0.940. The maximum atomic E-state index is 11.5. The van der Waals surface area contributed by atoms with Gasteiger partial charge in [-0.2, -0.15) is 0 Å². The average molecular weight is 398 g/mol. The summed E-state index contributed by atoms with van der Waals surface area (Å²) in [6.07, 6.45) is 11.4. The Balaban J connectivity index is 0.000000307. The summed E-state index contributed by atoms with van der Waals surface area (Å²) in [5.74, 6) is 2.24. The molecule has 1 amide bonds. The first kappa shape index (κ1) is 25.1. The molecule has 0 aromatic carbocycles. The van der Waals surface area contributed by atoms with Crippen molar-refractivity contribution in [2.24, 2.45) is 29.4 Å². The molecule has 0 saturated heterocycles. The molecule has 0 radical (unpaired) electrons. The van der Waals surface area contributed by atoms with Gasteiger partial charge in [0.05, 0.1) is 6.61 Å². The molecule has 0 aromatic rings. The average Bonchev–Trinajstić information content (AvgIpc) is 2.71. The normalized spacial score (nSPS) is 23.1. The lowest BCUT2D eigenvalue weighted by Crippen LogP contribution is -2.22. The molecular weight excluding hydrogens is 354 g/mol. The molecule has 0 atom stereocenters. The van der Waals surface area contributed by atoms with Gasteiger partial charge in [0.15, 0.2) is 0 Å². The van der Waals surface area contributed by atoms with Gasteiger partial charge in [0.25, 0.3) is 0 Å². The third-order valence-electron chi connectivity index (χ3n) is 5.95. The van der Waals surface area contributed by atoms with E-state index in [-0.39, 0.29) is 11.8 Å². The zero-order valence-electron chi connectivity index (χ0n) is 18.4. The maximum absolute atomic E-state index is 11.5. The van der Waals surface area contributed by atoms with Crippen LogP contribution in [0, 0.1) is 23.7 Å². The molecule has 0 aromatic heterocycles. The molecule has 0 aliphatic heterocycles. The van der Waals surface area contributed by atoms with Crippen LogP contribution in [0.4, 0.5) is 0 Å². The van der Waals surface area contributed by atoms with Crippen LogP contribution in [-0.2, 0) is 19.1 Å². The largest absolute Gasteiger partial charge is 0.381 e. The lowest BCUT2D eigenvalue weighted by atomic mass is 9.83. The van der Waals surface area contributed by atoms with Crippen molar-refractivity contribution in [3.8, 4) is 0 Å². The van der Waals surface area contributed by atoms with E-state index >= 15 is 0 Å². The van der Waals surface area contributed by atoms with Crippen LogP contribution in [0.1, 0.15) is 85.0 Å². The Morgan fingerprint density at radius 1 is 0.893 bits per heavy atom. The summed E-state index contributed by atoms with van der Waals surface area (Å²) < 4.78 is 10.9. The van der Waals surface area contributed by atoms with Gasteiger partial charge in [-0.05, 0) is 57.3 Å². The number of nitrogens with two attached hydrogens (primary N) is 1. The Morgan fingerprint density at radius 3 is 1.89 bits per heavy atom. The highest BCUT2D eigenvalue weighted by atomic mass is 16.5. The number of hydrogen-bond acceptors (Lipinski definition) is 4. The fourth-order valence-electron chi connectivity index (χ4n) is 4.13. The van der Waals surface area contributed by atoms with Crippen molar-refractivity contribution < 1.29 is 19.1 Å². The first-order valence-electron chi connectivity index (χ1n) is 11.4. The van der Waals surface area contributed by atoms with Gasteiger partial charge in [-0.3, -0.25) is 9.59 Å². The molecule has 2 fully saturated rings. The summed E-state index contributed by atoms with van der Waals surface area (Å²) in [4.78, 5) is 22.0. The fraction of sp³-hybridized carbons (Fsp3) is 0.913. The van der Waals surface area contributed by atoms with E-state index in [0.29, 0.717) is 30.6 Å². The number of hydrogen-bond donors (Lipinski definition) is 1. The molecule has 0 heterocycles. The van der Waals surface area contributed by atoms with Gasteiger partial charge in [-0.1, -0.05) is 33.1 Å². The van der Waals surface area contributed by atoms with Crippen LogP contribution in [-0.4, -0.2) is 38.1 Å². The second kappa shape index (κ2) is 15.0. The number of rotatable bonds is 10. The predicted octanol–water partition coefficient (Wildman–Crippen LogP) is 4.51. The van der Waals surface area contributed by atoms with Crippen molar-refractivity contribution in [3.05, 3.63) is 0 Å². The van der Waals surface area contributed by atoms with Crippen molar-refractivity contribution in [1.29, 1.82) is 0 Å². The molecule has 28 heavy (non-hydrogen) atoms. The van der Waals surface area contributed by atoms with Gasteiger partial charge in [0.2, 0.25) is 5.91 Å². The van der Waals surface area contributed by atoms with Crippen LogP contribution in [0.2, 0.25) is 0 Å². The highest BCUT2D eigenvalue weighted by molar-refractivity contribution is 5.82. The smallest absolute Gasteiger partial charge is 0.219 e. The molecular formula is C23H43NO4. The third-order valence-corrected chi connectivity index (χ3v) is 5.95. The Morgan fingerprint density at radius 2 is 1.43 bits per heavy atom. The van der Waals surface area contributed by atoms with Gasteiger partial charge >= 0.3 is 0 Å². The van der Waals surface area contributed by atoms with Crippen molar-refractivity contribution in [3.63, 3.8) is 0 Å². The lowest BCUT2D eigenvalue weighted by Gasteiger charge is -2.28. The molecule has 0 spiro atoms. The predicted molar refractivity (Wildman–Crippen MR) is 113 cm³/mol. The second-order valence-corrected chi connectivity index (χ2v) is 8.73. The van der Waals surface area contributed by atoms with E-state index in [2.05, 4.69) is 0 Å². The topological polar surface area (TPSA) is 78.6 Å². The summed E-state index contributed by atoms with van der Waals surface area (Å²) in [6.45, 7) is 9.02. The second-order valence-electron chi connectivity index (χ2n) is 8.73. The summed E-state index contributed by atoms with van der Waals surface area (Å²) >= 11 is 0. The number of amides is 1. The first-order valence-corrected chi connectivity index (χ1v) is 11.4. The molecule has 2 saturated carbocycles. The molecule has 2 rings (SSSR count). The van der Waals surface area contributed by atoms with E-state index in [0.717, 1.165) is 38.6 Å². The minimum atomic E-state index is -0.287. The SMILES string of the molecule is CC(C)C(=O)C1CCCCC1.CCOCC1CCC(COCCC(N)=O)CC1. The van der Waals surface area contributed by atoms with Crippen molar-refractivity contribution >= 4 is 11.7 Å². The van der Waals surface area contributed by atoms with Crippen molar-refractivity contribution in [2.75, 3.05) is 26.4 Å². The number of ketones is 1. The van der Waals surface area contributed by atoms with E-state index in [1.165, 1.54) is 44.9 Å². The Bertz CT molecular complexity index is 424. The monoisotopic (exact) mass is 397 g/mol. The highest BCUT2D eigenvalue weighted by Gasteiger charge is 2.23. The number of carbonyl (C=O) groups is 2. The van der Waals surface area contributed by atoms with Gasteiger partial charge in [0.1, 0.15) is 5.78 Å². The minimum absolute atomic E-state index is 0.248. The van der Waals surface area contributed by atoms with Gasteiger partial charge < -0.3 is 15.2 Å². The van der Waals surface area contributed by atoms with E-state index in [1.54, 1.807) is 0 Å². The van der Waals surface area contributed by atoms with Crippen LogP contribution in [0.3, 0.4) is 0 Å². The Labute approximate surface area is 172 Å². The van der Waals surface area contributed by atoms with Crippen molar-refractivity contribution in [1.82, 2.24) is 0 Å². The molecule has 2 aliphatic rings. The highest BCUT2D eigenvalue weighted by Crippen LogP contribution is 2.29. The van der Waals surface area contributed by atoms with E-state index in [4.69, 9.17) is 15.2 Å². The van der Waals surface area contributed by atoms with Crippen LogP contribution < -0.4 is 5.73 Å². The number of primary amides is 1. The van der Waals surface area contributed by atoms with E-state index in [9.17, 15) is 9.59 Å². The van der Waals surface area contributed by atoms with E-state index in [1.807, 2.05) is 20.8 Å². The molecule has 0 unspecified atom stereocenters. The summed E-state index contributed by atoms with van der Waals surface area (Å²) in [5, 5.41) is 0. The van der Waals surface area contributed by atoms with Crippen LogP contribution >= 0.6 is 0 Å². The third kappa shape index (κ3) is 11.2. The molecule has 2 N–H and O–H groups in total. The number of carbonyl (C=O) groups excluding carboxylic acids is 2. The summed E-state index contributed by atoms with van der Waals surface area (Å²) in [5.41, 5.74) is 5.04. The minimum Gasteiger partial charge on any atom is -0.381 e. The van der Waals surface area contributed by atoms with Crippen LogP contribution in [0.15, 0.2) is 0 Å². The molecule has 5 nitrogen and oxygen atoms in total. The maximum Gasteiger partial charge on any atom is 0.219 e. The van der Waals surface area contributed by atoms with Gasteiger partial charge in [-0.25, -0.2) is 0 Å². The first-order chi connectivity index (χ1) is 13.4. The quantitative estimate of drug-likeness (QED) is 0.550. The van der Waals surface area contributed by atoms with E-state index < -0.39 is 0 Å². The van der Waals surface area contributed by atoms with Gasteiger partial charge in [0, 0.05) is 38.1 Å². The number of Topliss-reactive ketones (excluding diaryl/α,β-unsaturated/α-hetero) is 1. The van der Waals surface area contributed by atoms with Crippen LogP contribution in [0.25, 0.3) is 0 Å². The lowest BCUT2D eigenvalue weighted by molar-refractivity contribution is -0.126. The van der Waals surface area contributed by atoms with Gasteiger partial charge in [-0.15, -0.1) is 0 Å².